The van der Waals surface area contributed by atoms with Crippen LogP contribution in [0.2, 0.25) is 0 Å². The average Bonchev–Trinajstić information content (AvgIpc) is 2.61. The zero-order chi connectivity index (χ0) is 16.2. The summed E-state index contributed by atoms with van der Waals surface area (Å²) in [5.74, 6) is 0.954. The van der Waals surface area contributed by atoms with Crippen LogP contribution in [0.5, 0.6) is 17.2 Å². The molecule has 1 heterocycles. The molecule has 1 aromatic heterocycles. The van der Waals surface area contributed by atoms with Crippen molar-refractivity contribution >= 4 is 16.9 Å². The van der Waals surface area contributed by atoms with Crippen LogP contribution in [0.15, 0.2) is 54.7 Å². The molecule has 0 unspecified atom stereocenters. The lowest BCUT2D eigenvalue weighted by molar-refractivity contribution is 0.0736. The quantitative estimate of drug-likeness (QED) is 0.545. The molecule has 0 radical (unpaired) electrons. The van der Waals surface area contributed by atoms with Crippen LogP contribution in [0, 0.1) is 0 Å². The molecule has 23 heavy (non-hydrogen) atoms. The number of pyridine rings is 1. The van der Waals surface area contributed by atoms with Gasteiger partial charge in [-0.3, -0.25) is 4.98 Å². The molecule has 2 aromatic carbocycles. The summed E-state index contributed by atoms with van der Waals surface area (Å²) < 4.78 is 15.8. The number of benzene rings is 2. The molecule has 5 nitrogen and oxygen atoms in total. The highest BCUT2D eigenvalue weighted by molar-refractivity contribution is 5.94. The Morgan fingerprint density at radius 2 is 1.65 bits per heavy atom. The van der Waals surface area contributed by atoms with Crippen LogP contribution in [-0.4, -0.2) is 25.2 Å². The number of aromatic nitrogens is 1. The Morgan fingerprint density at radius 1 is 0.957 bits per heavy atom. The van der Waals surface area contributed by atoms with Crippen LogP contribution in [0.4, 0.5) is 0 Å². The van der Waals surface area contributed by atoms with Crippen LogP contribution >= 0.6 is 0 Å². The van der Waals surface area contributed by atoms with Gasteiger partial charge in [0.15, 0.2) is 5.75 Å². The fraction of sp³-hybridized carbons (Fsp3) is 0.111. The summed E-state index contributed by atoms with van der Waals surface area (Å²) in [6, 6.07) is 14.1. The summed E-state index contributed by atoms with van der Waals surface area (Å²) in [6.45, 7) is 0. The van der Waals surface area contributed by atoms with Crippen molar-refractivity contribution in [1.29, 1.82) is 0 Å². The standard InChI is InChI=1S/C18H15NO4/c1-21-14-9-13(10-15(11-14)22-2)18(20)23-16-7-3-5-12-6-4-8-19-17(12)16/h3-11H,1-2H3. The van der Waals surface area contributed by atoms with Crippen molar-refractivity contribution in [2.24, 2.45) is 0 Å². The smallest absolute Gasteiger partial charge is 0.343 e. The van der Waals surface area contributed by atoms with Gasteiger partial charge in [-0.2, -0.15) is 0 Å². The second-order valence-corrected chi connectivity index (χ2v) is 4.82. The fourth-order valence-electron chi connectivity index (χ4n) is 2.24. The molecule has 0 aliphatic rings. The van der Waals surface area contributed by atoms with E-state index >= 15 is 0 Å². The van der Waals surface area contributed by atoms with Gasteiger partial charge in [0.2, 0.25) is 0 Å². The van der Waals surface area contributed by atoms with E-state index in [1.165, 1.54) is 14.2 Å². The molecule has 116 valence electrons. The first-order chi connectivity index (χ1) is 11.2. The Hall–Kier alpha value is -3.08. The molecular weight excluding hydrogens is 294 g/mol. The van der Waals surface area contributed by atoms with E-state index < -0.39 is 5.97 Å². The highest BCUT2D eigenvalue weighted by Gasteiger charge is 2.14. The highest BCUT2D eigenvalue weighted by Crippen LogP contribution is 2.26. The molecule has 0 aliphatic carbocycles. The van der Waals surface area contributed by atoms with Gasteiger partial charge in [-0.1, -0.05) is 18.2 Å². The van der Waals surface area contributed by atoms with Gasteiger partial charge in [-0.15, -0.1) is 0 Å². The van der Waals surface area contributed by atoms with Crippen molar-refractivity contribution in [2.75, 3.05) is 14.2 Å². The molecule has 3 aromatic rings. The van der Waals surface area contributed by atoms with Crippen molar-refractivity contribution < 1.29 is 19.0 Å². The molecule has 0 aliphatic heterocycles. The number of esters is 1. The van der Waals surface area contributed by atoms with Gasteiger partial charge in [0.1, 0.15) is 17.0 Å². The topological polar surface area (TPSA) is 57.7 Å². The fourth-order valence-corrected chi connectivity index (χ4v) is 2.24. The van der Waals surface area contributed by atoms with E-state index in [0.29, 0.717) is 28.3 Å². The van der Waals surface area contributed by atoms with Gasteiger partial charge < -0.3 is 14.2 Å². The summed E-state index contributed by atoms with van der Waals surface area (Å²) in [5.41, 5.74) is 0.979. The second kappa shape index (κ2) is 6.36. The van der Waals surface area contributed by atoms with Crippen LogP contribution in [0.1, 0.15) is 10.4 Å². The normalized spacial score (nSPS) is 10.3. The van der Waals surface area contributed by atoms with E-state index in [4.69, 9.17) is 14.2 Å². The number of fused-ring (bicyclic) bond motifs is 1. The lowest BCUT2D eigenvalue weighted by Crippen LogP contribution is -2.09. The summed E-state index contributed by atoms with van der Waals surface area (Å²) in [4.78, 5) is 16.7. The van der Waals surface area contributed by atoms with Crippen LogP contribution in [0.25, 0.3) is 10.9 Å². The lowest BCUT2D eigenvalue weighted by Gasteiger charge is -2.09. The summed E-state index contributed by atoms with van der Waals surface area (Å²) in [5, 5.41) is 0.904. The van der Waals surface area contributed by atoms with E-state index in [1.807, 2.05) is 24.3 Å². The molecule has 0 N–H and O–H groups in total. The van der Waals surface area contributed by atoms with Gasteiger partial charge in [0.25, 0.3) is 0 Å². The van der Waals surface area contributed by atoms with E-state index in [-0.39, 0.29) is 0 Å². The number of hydrogen-bond acceptors (Lipinski definition) is 5. The first-order valence-corrected chi connectivity index (χ1v) is 7.00. The SMILES string of the molecule is COc1cc(OC)cc(C(=O)Oc2cccc3cccnc23)c1. The number of methoxy groups -OCH3 is 2. The van der Waals surface area contributed by atoms with Crippen LogP contribution < -0.4 is 14.2 Å². The first kappa shape index (κ1) is 14.8. The Morgan fingerprint density at radius 3 is 2.35 bits per heavy atom. The number of ether oxygens (including phenoxy) is 3. The van der Waals surface area contributed by atoms with Crippen molar-refractivity contribution in [3.05, 3.63) is 60.3 Å². The maximum atomic E-state index is 12.4. The predicted octanol–water partition coefficient (Wildman–Crippen LogP) is 3.47. The predicted molar refractivity (Wildman–Crippen MR) is 86.2 cm³/mol. The van der Waals surface area contributed by atoms with Gasteiger partial charge in [0.05, 0.1) is 19.8 Å². The molecule has 0 fully saturated rings. The molecule has 0 atom stereocenters. The molecule has 0 bridgehead atoms. The van der Waals surface area contributed by atoms with E-state index in [0.717, 1.165) is 5.39 Å². The molecule has 0 saturated carbocycles. The van der Waals surface area contributed by atoms with Gasteiger partial charge in [-0.05, 0) is 24.3 Å². The maximum Gasteiger partial charge on any atom is 0.343 e. The molecular formula is C18H15NO4. The Balaban J connectivity index is 1.95. The molecule has 0 amide bonds. The molecule has 0 spiro atoms. The van der Waals surface area contributed by atoms with Crippen molar-refractivity contribution in [1.82, 2.24) is 4.98 Å². The molecule has 5 heteroatoms. The van der Waals surface area contributed by atoms with Crippen LogP contribution in [0.3, 0.4) is 0 Å². The van der Waals surface area contributed by atoms with Gasteiger partial charge in [0, 0.05) is 17.6 Å². The number of para-hydroxylation sites is 1. The lowest BCUT2D eigenvalue weighted by atomic mass is 10.2. The maximum absolute atomic E-state index is 12.4. The second-order valence-electron chi connectivity index (χ2n) is 4.82. The largest absolute Gasteiger partial charge is 0.497 e. The summed E-state index contributed by atoms with van der Waals surface area (Å²) in [7, 11) is 3.05. The highest BCUT2D eigenvalue weighted by atomic mass is 16.5. The third-order valence-electron chi connectivity index (χ3n) is 3.39. The minimum absolute atomic E-state index is 0.342. The first-order valence-electron chi connectivity index (χ1n) is 7.00. The van der Waals surface area contributed by atoms with Gasteiger partial charge >= 0.3 is 5.97 Å². The monoisotopic (exact) mass is 309 g/mol. The Labute approximate surface area is 133 Å². The van der Waals surface area contributed by atoms with Crippen molar-refractivity contribution in [3.8, 4) is 17.2 Å². The number of rotatable bonds is 4. The molecule has 0 saturated heterocycles. The zero-order valence-electron chi connectivity index (χ0n) is 12.8. The zero-order valence-corrected chi connectivity index (χ0v) is 12.8. The van der Waals surface area contributed by atoms with E-state index in [2.05, 4.69) is 4.98 Å². The summed E-state index contributed by atoms with van der Waals surface area (Å²) >= 11 is 0. The summed E-state index contributed by atoms with van der Waals surface area (Å²) in [6.07, 6.45) is 1.66. The number of nitrogens with zero attached hydrogens (tertiary/aromatic N) is 1. The Bertz CT molecular complexity index is 833. The average molecular weight is 309 g/mol. The number of hydrogen-bond donors (Lipinski definition) is 0. The van der Waals surface area contributed by atoms with Crippen molar-refractivity contribution in [2.45, 2.75) is 0 Å². The minimum Gasteiger partial charge on any atom is -0.497 e. The van der Waals surface area contributed by atoms with E-state index in [9.17, 15) is 4.79 Å². The number of carbonyl (C=O) groups is 1. The number of carbonyl (C=O) groups excluding carboxylic acids is 1. The van der Waals surface area contributed by atoms with E-state index in [1.54, 1.807) is 30.5 Å². The van der Waals surface area contributed by atoms with Gasteiger partial charge in [-0.25, -0.2) is 4.79 Å². The third kappa shape index (κ3) is 3.08. The van der Waals surface area contributed by atoms with Crippen LogP contribution in [-0.2, 0) is 0 Å². The van der Waals surface area contributed by atoms with Crippen molar-refractivity contribution in [3.63, 3.8) is 0 Å². The third-order valence-corrected chi connectivity index (χ3v) is 3.39. The minimum atomic E-state index is -0.500. The Kier molecular flexibility index (Phi) is 4.10. The molecule has 3 rings (SSSR count).